The Bertz CT molecular complexity index is 611. The van der Waals surface area contributed by atoms with Gasteiger partial charge >= 0.3 is 0 Å². The summed E-state index contributed by atoms with van der Waals surface area (Å²) in [6, 6.07) is 15.5. The minimum atomic E-state index is -0.287. The van der Waals surface area contributed by atoms with Crippen molar-refractivity contribution in [2.75, 3.05) is 0 Å². The van der Waals surface area contributed by atoms with Crippen LogP contribution in [0.3, 0.4) is 0 Å². The Balaban J connectivity index is 1.81. The van der Waals surface area contributed by atoms with Crippen molar-refractivity contribution in [2.45, 2.75) is 19.6 Å². The lowest BCUT2D eigenvalue weighted by molar-refractivity contribution is -0.385. The van der Waals surface area contributed by atoms with Crippen LogP contribution in [0.2, 0.25) is 0 Å². The maximum absolute atomic E-state index is 11.0. The molecule has 0 saturated heterocycles. The van der Waals surface area contributed by atoms with E-state index in [1.165, 1.54) is 5.56 Å². The SMILES string of the molecule is O=[N+]([O-])c1cccc2c1CN(Cc1ccccc1)C2. The van der Waals surface area contributed by atoms with Crippen LogP contribution in [-0.4, -0.2) is 9.82 Å². The first-order valence-electron chi connectivity index (χ1n) is 6.25. The summed E-state index contributed by atoms with van der Waals surface area (Å²) in [4.78, 5) is 13.0. The summed E-state index contributed by atoms with van der Waals surface area (Å²) >= 11 is 0. The maximum atomic E-state index is 11.0. The van der Waals surface area contributed by atoms with E-state index in [0.29, 0.717) is 6.54 Å². The molecule has 0 radical (unpaired) electrons. The number of hydrogen-bond acceptors (Lipinski definition) is 3. The molecule has 1 heterocycles. The summed E-state index contributed by atoms with van der Waals surface area (Å²) in [5, 5.41) is 11.0. The molecule has 1 aliphatic rings. The average molecular weight is 254 g/mol. The van der Waals surface area contributed by atoms with Gasteiger partial charge in [-0.1, -0.05) is 42.5 Å². The number of benzene rings is 2. The third-order valence-corrected chi connectivity index (χ3v) is 3.47. The molecule has 0 spiro atoms. The number of nitro groups is 1. The van der Waals surface area contributed by atoms with Gasteiger partial charge in [-0.05, 0) is 11.1 Å². The van der Waals surface area contributed by atoms with Crippen molar-refractivity contribution in [3.05, 3.63) is 75.3 Å². The van der Waals surface area contributed by atoms with Gasteiger partial charge < -0.3 is 0 Å². The molecule has 0 atom stereocenters. The highest BCUT2D eigenvalue weighted by Crippen LogP contribution is 2.31. The fourth-order valence-corrected chi connectivity index (χ4v) is 2.60. The van der Waals surface area contributed by atoms with Crippen molar-refractivity contribution in [1.29, 1.82) is 0 Å². The van der Waals surface area contributed by atoms with Crippen LogP contribution in [0.4, 0.5) is 5.69 Å². The van der Waals surface area contributed by atoms with Crippen LogP contribution < -0.4 is 0 Å². The molecule has 3 rings (SSSR count). The lowest BCUT2D eigenvalue weighted by Crippen LogP contribution is -2.15. The van der Waals surface area contributed by atoms with Gasteiger partial charge in [-0.25, -0.2) is 0 Å². The Kier molecular flexibility index (Phi) is 3.01. The Labute approximate surface area is 111 Å². The number of rotatable bonds is 3. The zero-order valence-electron chi connectivity index (χ0n) is 10.5. The predicted molar refractivity (Wildman–Crippen MR) is 72.5 cm³/mol. The van der Waals surface area contributed by atoms with Gasteiger partial charge in [0, 0.05) is 31.3 Å². The second-order valence-corrected chi connectivity index (χ2v) is 4.80. The number of fused-ring (bicyclic) bond motifs is 1. The van der Waals surface area contributed by atoms with Crippen LogP contribution in [0, 0.1) is 10.1 Å². The van der Waals surface area contributed by atoms with E-state index >= 15 is 0 Å². The van der Waals surface area contributed by atoms with Crippen molar-refractivity contribution in [2.24, 2.45) is 0 Å². The standard InChI is InChI=1S/C15H14N2O2/c18-17(19)15-8-4-7-13-10-16(11-14(13)15)9-12-5-2-1-3-6-12/h1-8H,9-11H2. The molecule has 0 unspecified atom stereocenters. The van der Waals surface area contributed by atoms with E-state index in [-0.39, 0.29) is 10.6 Å². The van der Waals surface area contributed by atoms with Crippen molar-refractivity contribution in [3.63, 3.8) is 0 Å². The third kappa shape index (κ3) is 2.35. The molecule has 0 N–H and O–H groups in total. The van der Waals surface area contributed by atoms with E-state index in [0.717, 1.165) is 24.2 Å². The highest BCUT2D eigenvalue weighted by molar-refractivity contribution is 5.47. The average Bonchev–Trinajstić information content (AvgIpc) is 2.81. The molecule has 0 saturated carbocycles. The summed E-state index contributed by atoms with van der Waals surface area (Å²) in [7, 11) is 0. The van der Waals surface area contributed by atoms with Crippen LogP contribution in [-0.2, 0) is 19.6 Å². The van der Waals surface area contributed by atoms with Gasteiger partial charge in [0.1, 0.15) is 0 Å². The quantitative estimate of drug-likeness (QED) is 0.624. The van der Waals surface area contributed by atoms with E-state index in [9.17, 15) is 10.1 Å². The highest BCUT2D eigenvalue weighted by atomic mass is 16.6. The molecule has 4 heteroatoms. The zero-order valence-corrected chi connectivity index (χ0v) is 10.5. The zero-order chi connectivity index (χ0) is 13.2. The molecule has 1 aliphatic heterocycles. The summed E-state index contributed by atoms with van der Waals surface area (Å²) < 4.78 is 0. The maximum Gasteiger partial charge on any atom is 0.274 e. The van der Waals surface area contributed by atoms with E-state index in [1.807, 2.05) is 24.3 Å². The first-order valence-corrected chi connectivity index (χ1v) is 6.25. The largest absolute Gasteiger partial charge is 0.290 e. The smallest absolute Gasteiger partial charge is 0.274 e. The fraction of sp³-hybridized carbons (Fsp3) is 0.200. The summed E-state index contributed by atoms with van der Waals surface area (Å²) in [6.07, 6.45) is 0. The Hall–Kier alpha value is -2.20. The topological polar surface area (TPSA) is 46.4 Å². The fourth-order valence-electron chi connectivity index (χ4n) is 2.60. The summed E-state index contributed by atoms with van der Waals surface area (Å²) in [6.45, 7) is 2.26. The van der Waals surface area contributed by atoms with Crippen molar-refractivity contribution < 1.29 is 4.92 Å². The second kappa shape index (κ2) is 4.82. The Morgan fingerprint density at radius 3 is 2.58 bits per heavy atom. The molecule has 0 aromatic heterocycles. The molecule has 0 aliphatic carbocycles. The van der Waals surface area contributed by atoms with Crippen LogP contribution in [0.15, 0.2) is 48.5 Å². The lowest BCUT2D eigenvalue weighted by atomic mass is 10.1. The molecule has 0 fully saturated rings. The third-order valence-electron chi connectivity index (χ3n) is 3.47. The molecule has 2 aromatic carbocycles. The van der Waals surface area contributed by atoms with Gasteiger partial charge in [-0.15, -0.1) is 0 Å². The Morgan fingerprint density at radius 2 is 1.84 bits per heavy atom. The van der Waals surface area contributed by atoms with Crippen LogP contribution in [0.1, 0.15) is 16.7 Å². The second-order valence-electron chi connectivity index (χ2n) is 4.80. The van der Waals surface area contributed by atoms with E-state index in [1.54, 1.807) is 12.1 Å². The first-order chi connectivity index (χ1) is 9.24. The minimum Gasteiger partial charge on any atom is -0.290 e. The van der Waals surface area contributed by atoms with Crippen LogP contribution >= 0.6 is 0 Å². The van der Waals surface area contributed by atoms with Crippen LogP contribution in [0.5, 0.6) is 0 Å². The molecule has 2 aromatic rings. The summed E-state index contributed by atoms with van der Waals surface area (Å²) in [5.74, 6) is 0. The first kappa shape index (κ1) is 11.9. The normalized spacial score (nSPS) is 14.3. The number of nitro benzene ring substituents is 1. The molecule has 4 nitrogen and oxygen atoms in total. The van der Waals surface area contributed by atoms with Gasteiger partial charge in [-0.3, -0.25) is 15.0 Å². The molecule has 0 bridgehead atoms. The molecule has 19 heavy (non-hydrogen) atoms. The van der Waals surface area contributed by atoms with Gasteiger partial charge in [0.25, 0.3) is 5.69 Å². The molecule has 0 amide bonds. The lowest BCUT2D eigenvalue weighted by Gasteiger charge is -2.14. The molecular formula is C15H14N2O2. The molecule has 96 valence electrons. The van der Waals surface area contributed by atoms with Gasteiger partial charge in [0.05, 0.1) is 4.92 Å². The van der Waals surface area contributed by atoms with E-state index < -0.39 is 0 Å². The van der Waals surface area contributed by atoms with Crippen molar-refractivity contribution >= 4 is 5.69 Å². The number of hydrogen-bond donors (Lipinski definition) is 0. The monoisotopic (exact) mass is 254 g/mol. The van der Waals surface area contributed by atoms with Gasteiger partial charge in [-0.2, -0.15) is 0 Å². The molecular weight excluding hydrogens is 240 g/mol. The summed E-state index contributed by atoms with van der Waals surface area (Å²) in [5.41, 5.74) is 3.42. The van der Waals surface area contributed by atoms with E-state index in [2.05, 4.69) is 17.0 Å². The van der Waals surface area contributed by atoms with Gasteiger partial charge in [0.2, 0.25) is 0 Å². The van der Waals surface area contributed by atoms with Crippen LogP contribution in [0.25, 0.3) is 0 Å². The minimum absolute atomic E-state index is 0.244. The highest BCUT2D eigenvalue weighted by Gasteiger charge is 2.26. The van der Waals surface area contributed by atoms with Crippen molar-refractivity contribution in [3.8, 4) is 0 Å². The number of nitrogens with zero attached hydrogens (tertiary/aromatic N) is 2. The van der Waals surface area contributed by atoms with Gasteiger partial charge in [0.15, 0.2) is 0 Å². The van der Waals surface area contributed by atoms with Crippen molar-refractivity contribution in [1.82, 2.24) is 4.90 Å². The predicted octanol–water partition coefficient (Wildman–Crippen LogP) is 3.11. The van der Waals surface area contributed by atoms with E-state index in [4.69, 9.17) is 0 Å². The Morgan fingerprint density at radius 1 is 1.05 bits per heavy atom.